The number of ether oxygens (including phenoxy) is 1. The van der Waals surface area contributed by atoms with Crippen LogP contribution in [0.4, 0.5) is 0 Å². The number of likely N-dealkylation sites (tertiary alicyclic amines) is 1. The summed E-state index contributed by atoms with van der Waals surface area (Å²) in [5, 5.41) is 10.4. The van der Waals surface area contributed by atoms with Crippen molar-refractivity contribution in [3.05, 3.63) is 74.6 Å². The molecule has 1 fully saturated rings. The van der Waals surface area contributed by atoms with Gasteiger partial charge in [0, 0.05) is 24.6 Å². The van der Waals surface area contributed by atoms with E-state index < -0.39 is 0 Å². The van der Waals surface area contributed by atoms with Crippen molar-refractivity contribution in [1.29, 1.82) is 0 Å². The first-order chi connectivity index (χ1) is 15.5. The number of nitrogens with zero attached hydrogens (tertiary/aromatic N) is 3. The number of H-pyrrole nitrogens is 2. The maximum Gasteiger partial charge on any atom is 0.322 e. The Kier molecular flexibility index (Phi) is 5.46. The van der Waals surface area contributed by atoms with Crippen LogP contribution in [-0.2, 0) is 6.61 Å². The standard InChI is InChI=1S/C22H22N6O3S/c1-28-9-16(21-26-27-22(30)32-21)19(10-28)25-20(29)14-3-5-15(6-4-14)31-11-13-2-7-17-18(8-13)24-12-23-17/h2-8,12,16,19H,9-11H2,1H3,(H,23,24)(H,25,29)(H,27,30)/t16-,19+/m0/s1. The number of likely N-dealkylation sites (N-methyl/N-ethyl adjacent to an activating group) is 1. The van der Waals surface area contributed by atoms with Crippen LogP contribution >= 0.6 is 11.3 Å². The van der Waals surface area contributed by atoms with Crippen LogP contribution in [0.2, 0.25) is 0 Å². The number of fused-ring (bicyclic) bond motifs is 1. The molecule has 0 saturated carbocycles. The fraction of sp³-hybridized carbons (Fsp3) is 0.273. The molecule has 2 aromatic carbocycles. The number of hydrogen-bond donors (Lipinski definition) is 3. The molecule has 5 rings (SSSR count). The summed E-state index contributed by atoms with van der Waals surface area (Å²) in [6.45, 7) is 1.86. The average molecular weight is 451 g/mol. The molecule has 2 atom stereocenters. The van der Waals surface area contributed by atoms with Gasteiger partial charge in [0.05, 0.1) is 23.4 Å². The van der Waals surface area contributed by atoms with Gasteiger partial charge in [-0.15, -0.1) is 0 Å². The second kappa shape index (κ2) is 8.56. The van der Waals surface area contributed by atoms with Gasteiger partial charge in [-0.05, 0) is 49.0 Å². The number of nitrogens with one attached hydrogen (secondary N) is 3. The zero-order valence-electron chi connectivity index (χ0n) is 17.4. The van der Waals surface area contributed by atoms with Crippen LogP contribution in [0.5, 0.6) is 5.75 Å². The number of hydrogen-bond acceptors (Lipinski definition) is 7. The molecule has 3 N–H and O–H groups in total. The van der Waals surface area contributed by atoms with Gasteiger partial charge in [-0.1, -0.05) is 17.4 Å². The summed E-state index contributed by atoms with van der Waals surface area (Å²) >= 11 is 1.10. The van der Waals surface area contributed by atoms with Crippen LogP contribution < -0.4 is 14.9 Å². The molecule has 3 heterocycles. The van der Waals surface area contributed by atoms with E-state index in [0.29, 0.717) is 24.5 Å². The minimum atomic E-state index is -0.181. The molecular formula is C22H22N6O3S. The highest BCUT2D eigenvalue weighted by atomic mass is 32.1. The molecule has 1 saturated heterocycles. The van der Waals surface area contributed by atoms with Crippen molar-refractivity contribution < 1.29 is 9.53 Å². The van der Waals surface area contributed by atoms with Gasteiger partial charge >= 0.3 is 4.87 Å². The van der Waals surface area contributed by atoms with E-state index in [0.717, 1.165) is 39.5 Å². The van der Waals surface area contributed by atoms with Crippen molar-refractivity contribution >= 4 is 28.3 Å². The quantitative estimate of drug-likeness (QED) is 0.414. The van der Waals surface area contributed by atoms with Crippen LogP contribution in [0.1, 0.15) is 26.8 Å². The van der Waals surface area contributed by atoms with Gasteiger partial charge in [0.25, 0.3) is 5.91 Å². The van der Waals surface area contributed by atoms with Crippen LogP contribution in [0.15, 0.2) is 53.6 Å². The molecule has 0 spiro atoms. The monoisotopic (exact) mass is 450 g/mol. The summed E-state index contributed by atoms with van der Waals surface area (Å²) in [6, 6.07) is 12.9. The molecule has 0 radical (unpaired) electrons. The van der Waals surface area contributed by atoms with Crippen molar-refractivity contribution in [2.75, 3.05) is 20.1 Å². The highest BCUT2D eigenvalue weighted by Crippen LogP contribution is 2.27. The summed E-state index contributed by atoms with van der Waals surface area (Å²) in [5.41, 5.74) is 3.47. The lowest BCUT2D eigenvalue weighted by Gasteiger charge is -2.18. The highest BCUT2D eigenvalue weighted by molar-refractivity contribution is 7.08. The predicted molar refractivity (Wildman–Crippen MR) is 121 cm³/mol. The van der Waals surface area contributed by atoms with Crippen molar-refractivity contribution in [2.45, 2.75) is 18.6 Å². The van der Waals surface area contributed by atoms with Gasteiger partial charge in [0.1, 0.15) is 17.4 Å². The Morgan fingerprint density at radius 1 is 1.25 bits per heavy atom. The lowest BCUT2D eigenvalue weighted by atomic mass is 10.0. The number of benzene rings is 2. The van der Waals surface area contributed by atoms with Gasteiger partial charge in [0.2, 0.25) is 0 Å². The summed E-state index contributed by atoms with van der Waals surface area (Å²) in [6.07, 6.45) is 1.67. The summed E-state index contributed by atoms with van der Waals surface area (Å²) in [7, 11) is 1.99. The van der Waals surface area contributed by atoms with E-state index in [9.17, 15) is 9.59 Å². The number of carbonyl (C=O) groups is 1. The number of aromatic amines is 2. The third-order valence-corrected chi connectivity index (χ3v) is 6.48. The van der Waals surface area contributed by atoms with E-state index in [1.807, 2.05) is 25.2 Å². The molecule has 4 aromatic rings. The van der Waals surface area contributed by atoms with E-state index in [1.165, 1.54) is 0 Å². The smallest absolute Gasteiger partial charge is 0.322 e. The highest BCUT2D eigenvalue weighted by Gasteiger charge is 2.35. The number of amides is 1. The summed E-state index contributed by atoms with van der Waals surface area (Å²) in [5.74, 6) is 0.517. The van der Waals surface area contributed by atoms with Gasteiger partial charge in [-0.25, -0.2) is 10.1 Å². The maximum atomic E-state index is 12.8. The molecular weight excluding hydrogens is 428 g/mol. The Balaban J connectivity index is 1.21. The van der Waals surface area contributed by atoms with E-state index in [-0.39, 0.29) is 22.7 Å². The van der Waals surface area contributed by atoms with Crippen LogP contribution in [0.3, 0.4) is 0 Å². The predicted octanol–water partition coefficient (Wildman–Crippen LogP) is 2.11. The van der Waals surface area contributed by atoms with Gasteiger partial charge < -0.3 is 19.9 Å². The zero-order chi connectivity index (χ0) is 22.1. The van der Waals surface area contributed by atoms with Gasteiger partial charge in [-0.2, -0.15) is 5.10 Å². The first kappa shape index (κ1) is 20.4. The average Bonchev–Trinajstić information content (AvgIpc) is 3.52. The topological polar surface area (TPSA) is 116 Å². The third kappa shape index (κ3) is 4.27. The maximum absolute atomic E-state index is 12.8. The van der Waals surface area contributed by atoms with Crippen molar-refractivity contribution in [3.63, 3.8) is 0 Å². The second-order valence-electron chi connectivity index (χ2n) is 7.93. The van der Waals surface area contributed by atoms with Gasteiger partial charge in [-0.3, -0.25) is 9.59 Å². The summed E-state index contributed by atoms with van der Waals surface area (Å²) in [4.78, 5) is 33.5. The van der Waals surface area contributed by atoms with Crippen LogP contribution in [-0.4, -0.2) is 57.2 Å². The van der Waals surface area contributed by atoms with Gasteiger partial charge in [0.15, 0.2) is 0 Å². The molecule has 1 amide bonds. The van der Waals surface area contributed by atoms with E-state index in [4.69, 9.17) is 4.74 Å². The first-order valence-corrected chi connectivity index (χ1v) is 11.1. The second-order valence-corrected chi connectivity index (χ2v) is 8.92. The zero-order valence-corrected chi connectivity index (χ0v) is 18.2. The fourth-order valence-electron chi connectivity index (χ4n) is 3.99. The Hall–Kier alpha value is -3.50. The molecule has 0 unspecified atom stereocenters. The molecule has 1 aliphatic rings. The minimum absolute atomic E-state index is 0.0114. The Morgan fingerprint density at radius 2 is 2.09 bits per heavy atom. The number of carbonyl (C=O) groups excluding carboxylic acids is 1. The first-order valence-electron chi connectivity index (χ1n) is 10.2. The lowest BCUT2D eigenvalue weighted by Crippen LogP contribution is -2.39. The van der Waals surface area contributed by atoms with E-state index >= 15 is 0 Å². The normalized spacial score (nSPS) is 18.8. The fourth-order valence-corrected chi connectivity index (χ4v) is 4.75. The molecule has 9 nitrogen and oxygen atoms in total. The molecule has 0 aliphatic carbocycles. The van der Waals surface area contributed by atoms with Crippen molar-refractivity contribution in [1.82, 2.24) is 30.4 Å². The Bertz CT molecular complexity index is 1290. The van der Waals surface area contributed by atoms with E-state index in [2.05, 4.69) is 30.4 Å². The molecule has 1 aliphatic heterocycles. The molecule has 164 valence electrons. The number of imidazole rings is 1. The van der Waals surface area contributed by atoms with Crippen LogP contribution in [0, 0.1) is 0 Å². The SMILES string of the molecule is CN1C[C@H](c2n[nH]c(=O)s2)[C@H](NC(=O)c2ccc(OCc3ccc4nc[nH]c4c3)cc2)C1. The van der Waals surface area contributed by atoms with Crippen molar-refractivity contribution in [2.24, 2.45) is 0 Å². The molecule has 32 heavy (non-hydrogen) atoms. The number of rotatable bonds is 6. The van der Waals surface area contributed by atoms with Crippen molar-refractivity contribution in [3.8, 4) is 5.75 Å². The Morgan fingerprint density at radius 3 is 2.88 bits per heavy atom. The largest absolute Gasteiger partial charge is 0.489 e. The summed E-state index contributed by atoms with van der Waals surface area (Å²) < 4.78 is 5.86. The lowest BCUT2D eigenvalue weighted by molar-refractivity contribution is 0.0935. The minimum Gasteiger partial charge on any atom is -0.489 e. The number of aromatic nitrogens is 4. The molecule has 10 heteroatoms. The van der Waals surface area contributed by atoms with E-state index in [1.54, 1.807) is 30.6 Å². The molecule has 2 aromatic heterocycles. The Labute approximate surface area is 187 Å². The third-order valence-electron chi connectivity index (χ3n) is 5.60. The van der Waals surface area contributed by atoms with Crippen LogP contribution in [0.25, 0.3) is 11.0 Å². The molecule has 0 bridgehead atoms.